The molecule has 0 saturated carbocycles. The highest BCUT2D eigenvalue weighted by Gasteiger charge is 2.16. The lowest BCUT2D eigenvalue weighted by molar-refractivity contribution is 0.0692. The van der Waals surface area contributed by atoms with Gasteiger partial charge < -0.3 is 5.11 Å². The second-order valence-electron chi connectivity index (χ2n) is 5.08. The quantitative estimate of drug-likeness (QED) is 0.838. The number of nitrogens with zero attached hydrogens (tertiary/aromatic N) is 3. The third-order valence-electron chi connectivity index (χ3n) is 2.99. The number of carboxylic acid groups (broad SMARTS) is 1. The lowest BCUT2D eigenvalue weighted by Crippen LogP contribution is -2.30. The normalized spacial score (nSPS) is 13.0. The molecule has 1 aromatic rings. The van der Waals surface area contributed by atoms with Crippen molar-refractivity contribution in [1.82, 2.24) is 14.9 Å². The minimum Gasteiger partial charge on any atom is -0.478 e. The first kappa shape index (κ1) is 14.6. The number of hydrogen-bond acceptors (Lipinski definition) is 4. The van der Waals surface area contributed by atoms with Crippen LogP contribution in [0.1, 0.15) is 43.2 Å². The van der Waals surface area contributed by atoms with Gasteiger partial charge in [0, 0.05) is 18.8 Å². The molecule has 0 aromatic carbocycles. The lowest BCUT2D eigenvalue weighted by atomic mass is 10.0. The monoisotopic (exact) mass is 251 g/mol. The number of rotatable bonds is 6. The van der Waals surface area contributed by atoms with Gasteiger partial charge in [-0.25, -0.2) is 14.8 Å². The summed E-state index contributed by atoms with van der Waals surface area (Å²) in [5, 5.41) is 9.06. The van der Waals surface area contributed by atoms with Crippen LogP contribution >= 0.6 is 0 Å². The molecule has 18 heavy (non-hydrogen) atoms. The first-order chi connectivity index (χ1) is 8.41. The van der Waals surface area contributed by atoms with Crippen molar-refractivity contribution in [3.8, 4) is 0 Å². The minimum atomic E-state index is -0.976. The molecule has 1 atom stereocenters. The lowest BCUT2D eigenvalue weighted by Gasteiger charge is -2.26. The van der Waals surface area contributed by atoms with Crippen LogP contribution in [0.15, 0.2) is 12.5 Å². The average Bonchev–Trinajstić information content (AvgIpc) is 2.28. The Morgan fingerprint density at radius 1 is 1.44 bits per heavy atom. The highest BCUT2D eigenvalue weighted by Crippen LogP contribution is 2.13. The summed E-state index contributed by atoms with van der Waals surface area (Å²) in [6, 6.07) is 0.390. The average molecular weight is 251 g/mol. The van der Waals surface area contributed by atoms with Gasteiger partial charge in [-0.3, -0.25) is 4.90 Å². The standard InChI is InChI=1S/C13H21N3O2/c1-9(2)5-10(3)16(4)7-12-11(13(17)18)6-14-8-15-12/h6,8-10H,5,7H2,1-4H3,(H,17,18). The Hall–Kier alpha value is -1.49. The predicted molar refractivity (Wildman–Crippen MR) is 69.4 cm³/mol. The summed E-state index contributed by atoms with van der Waals surface area (Å²) in [5.74, 6) is -0.359. The summed E-state index contributed by atoms with van der Waals surface area (Å²) < 4.78 is 0. The van der Waals surface area contributed by atoms with Gasteiger partial charge >= 0.3 is 5.97 Å². The van der Waals surface area contributed by atoms with Crippen LogP contribution in [0, 0.1) is 5.92 Å². The van der Waals surface area contributed by atoms with Crippen LogP contribution in [0.2, 0.25) is 0 Å². The summed E-state index contributed by atoms with van der Waals surface area (Å²) in [4.78, 5) is 21.0. The Morgan fingerprint density at radius 2 is 2.11 bits per heavy atom. The fourth-order valence-electron chi connectivity index (χ4n) is 1.91. The van der Waals surface area contributed by atoms with Crippen LogP contribution in [-0.2, 0) is 6.54 Å². The zero-order valence-corrected chi connectivity index (χ0v) is 11.4. The van der Waals surface area contributed by atoms with Crippen molar-refractivity contribution in [3.05, 3.63) is 23.8 Å². The zero-order chi connectivity index (χ0) is 13.7. The molecule has 0 spiro atoms. The fraction of sp³-hybridized carbons (Fsp3) is 0.615. The molecule has 1 heterocycles. The number of carboxylic acids is 1. The molecule has 0 aliphatic heterocycles. The maximum absolute atomic E-state index is 11.1. The zero-order valence-electron chi connectivity index (χ0n) is 11.4. The van der Waals surface area contributed by atoms with E-state index in [-0.39, 0.29) is 5.56 Å². The van der Waals surface area contributed by atoms with Gasteiger partial charge in [-0.15, -0.1) is 0 Å². The van der Waals surface area contributed by atoms with E-state index in [1.54, 1.807) is 0 Å². The SMILES string of the molecule is CC(C)CC(C)N(C)Cc1ncncc1C(=O)O. The van der Waals surface area contributed by atoms with Crippen molar-refractivity contribution in [3.63, 3.8) is 0 Å². The molecule has 1 aromatic heterocycles. The molecule has 5 nitrogen and oxygen atoms in total. The van der Waals surface area contributed by atoms with E-state index in [0.717, 1.165) is 6.42 Å². The Kier molecular flexibility index (Phi) is 5.22. The third kappa shape index (κ3) is 4.07. The van der Waals surface area contributed by atoms with E-state index in [1.165, 1.54) is 12.5 Å². The molecule has 0 fully saturated rings. The molecular weight excluding hydrogens is 230 g/mol. The maximum Gasteiger partial charge on any atom is 0.339 e. The van der Waals surface area contributed by atoms with Crippen molar-refractivity contribution >= 4 is 5.97 Å². The Bertz CT molecular complexity index is 407. The van der Waals surface area contributed by atoms with Gasteiger partial charge in [0.15, 0.2) is 0 Å². The molecule has 0 aliphatic rings. The molecule has 0 aliphatic carbocycles. The van der Waals surface area contributed by atoms with E-state index in [1.807, 2.05) is 7.05 Å². The summed E-state index contributed by atoms with van der Waals surface area (Å²) in [7, 11) is 1.99. The van der Waals surface area contributed by atoms with E-state index in [0.29, 0.717) is 24.2 Å². The van der Waals surface area contributed by atoms with Crippen LogP contribution in [0.5, 0.6) is 0 Å². The second kappa shape index (κ2) is 6.44. The molecule has 0 saturated heterocycles. The van der Waals surface area contributed by atoms with Crippen molar-refractivity contribution in [1.29, 1.82) is 0 Å². The van der Waals surface area contributed by atoms with Crippen molar-refractivity contribution in [2.45, 2.75) is 39.8 Å². The van der Waals surface area contributed by atoms with Gasteiger partial charge in [0.2, 0.25) is 0 Å². The van der Waals surface area contributed by atoms with E-state index < -0.39 is 5.97 Å². The topological polar surface area (TPSA) is 66.3 Å². The van der Waals surface area contributed by atoms with Crippen LogP contribution in [0.25, 0.3) is 0 Å². The Labute approximate surface area is 108 Å². The summed E-state index contributed by atoms with van der Waals surface area (Å²) in [6.07, 6.45) is 3.82. The molecular formula is C13H21N3O2. The van der Waals surface area contributed by atoms with E-state index in [2.05, 4.69) is 35.6 Å². The number of hydrogen-bond donors (Lipinski definition) is 1. The summed E-state index contributed by atoms with van der Waals surface area (Å²) >= 11 is 0. The molecule has 1 rings (SSSR count). The van der Waals surface area contributed by atoms with Crippen LogP contribution in [0.3, 0.4) is 0 Å². The van der Waals surface area contributed by atoms with Crippen LogP contribution in [-0.4, -0.2) is 39.0 Å². The smallest absolute Gasteiger partial charge is 0.339 e. The Balaban J connectivity index is 2.75. The molecule has 1 N–H and O–H groups in total. The first-order valence-corrected chi connectivity index (χ1v) is 6.14. The van der Waals surface area contributed by atoms with Gasteiger partial charge in [-0.05, 0) is 26.3 Å². The Morgan fingerprint density at radius 3 is 2.67 bits per heavy atom. The van der Waals surface area contributed by atoms with E-state index >= 15 is 0 Å². The summed E-state index contributed by atoms with van der Waals surface area (Å²) in [6.45, 7) is 7.02. The van der Waals surface area contributed by atoms with Gasteiger partial charge in [-0.2, -0.15) is 0 Å². The highest BCUT2D eigenvalue weighted by atomic mass is 16.4. The van der Waals surface area contributed by atoms with Gasteiger partial charge in [0.1, 0.15) is 11.9 Å². The van der Waals surface area contributed by atoms with Crippen molar-refractivity contribution in [2.24, 2.45) is 5.92 Å². The number of aromatic nitrogens is 2. The first-order valence-electron chi connectivity index (χ1n) is 6.14. The van der Waals surface area contributed by atoms with Crippen LogP contribution < -0.4 is 0 Å². The number of carbonyl (C=O) groups is 1. The number of aromatic carboxylic acids is 1. The second-order valence-corrected chi connectivity index (χ2v) is 5.08. The van der Waals surface area contributed by atoms with Gasteiger partial charge in [0.25, 0.3) is 0 Å². The third-order valence-corrected chi connectivity index (χ3v) is 2.99. The largest absolute Gasteiger partial charge is 0.478 e. The van der Waals surface area contributed by atoms with E-state index in [4.69, 9.17) is 5.11 Å². The molecule has 5 heteroatoms. The minimum absolute atomic E-state index is 0.182. The van der Waals surface area contributed by atoms with Crippen molar-refractivity contribution in [2.75, 3.05) is 7.05 Å². The maximum atomic E-state index is 11.1. The van der Waals surface area contributed by atoms with Crippen LogP contribution in [0.4, 0.5) is 0 Å². The predicted octanol–water partition coefficient (Wildman–Crippen LogP) is 2.04. The fourth-order valence-corrected chi connectivity index (χ4v) is 1.91. The van der Waals surface area contributed by atoms with Gasteiger partial charge in [-0.1, -0.05) is 13.8 Å². The molecule has 1 unspecified atom stereocenters. The highest BCUT2D eigenvalue weighted by molar-refractivity contribution is 5.88. The van der Waals surface area contributed by atoms with Crippen molar-refractivity contribution < 1.29 is 9.90 Å². The van der Waals surface area contributed by atoms with E-state index in [9.17, 15) is 4.79 Å². The molecule has 100 valence electrons. The molecule has 0 bridgehead atoms. The summed E-state index contributed by atoms with van der Waals surface area (Å²) in [5.41, 5.74) is 0.747. The van der Waals surface area contributed by atoms with Gasteiger partial charge in [0.05, 0.1) is 5.69 Å². The molecule has 0 amide bonds. The molecule has 0 radical (unpaired) electrons.